The van der Waals surface area contributed by atoms with Crippen LogP contribution >= 0.6 is 24.0 Å². The first kappa shape index (κ1) is 22.3. The van der Waals surface area contributed by atoms with Crippen molar-refractivity contribution >= 4 is 29.9 Å². The third-order valence-corrected chi connectivity index (χ3v) is 4.40. The quantitative estimate of drug-likeness (QED) is 0.334. The van der Waals surface area contributed by atoms with Gasteiger partial charge in [0.2, 0.25) is 5.88 Å². The van der Waals surface area contributed by atoms with Crippen LogP contribution in [-0.2, 0) is 19.4 Å². The molecule has 2 aromatic rings. The molecule has 3 rings (SSSR count). The van der Waals surface area contributed by atoms with Crippen LogP contribution in [0.1, 0.15) is 30.0 Å². The second-order valence-electron chi connectivity index (χ2n) is 6.50. The summed E-state index contributed by atoms with van der Waals surface area (Å²) in [5.74, 6) is 2.48. The van der Waals surface area contributed by atoms with Gasteiger partial charge in [-0.15, -0.1) is 24.0 Å². The van der Waals surface area contributed by atoms with Crippen molar-refractivity contribution in [2.75, 3.05) is 26.8 Å². The number of aromatic nitrogens is 1. The highest BCUT2D eigenvalue weighted by Gasteiger charge is 2.11. The molecular formula is C21H29IN4O2. The van der Waals surface area contributed by atoms with Gasteiger partial charge in [0.15, 0.2) is 5.96 Å². The fourth-order valence-corrected chi connectivity index (χ4v) is 2.93. The fraction of sp³-hybridized carbons (Fsp3) is 0.429. The van der Waals surface area contributed by atoms with E-state index < -0.39 is 0 Å². The smallest absolute Gasteiger partial charge is 0.213 e. The Balaban J connectivity index is 0.00000280. The van der Waals surface area contributed by atoms with Crippen molar-refractivity contribution < 1.29 is 9.47 Å². The Morgan fingerprint density at radius 1 is 1.21 bits per heavy atom. The van der Waals surface area contributed by atoms with Gasteiger partial charge in [-0.1, -0.05) is 25.1 Å². The molecule has 0 aliphatic carbocycles. The molecule has 1 aliphatic heterocycles. The van der Waals surface area contributed by atoms with Gasteiger partial charge in [0, 0.05) is 38.8 Å². The van der Waals surface area contributed by atoms with E-state index in [1.807, 2.05) is 18.3 Å². The molecular weight excluding hydrogens is 467 g/mol. The van der Waals surface area contributed by atoms with Crippen molar-refractivity contribution in [3.63, 3.8) is 0 Å². The summed E-state index contributed by atoms with van der Waals surface area (Å²) in [6.07, 6.45) is 4.76. The van der Waals surface area contributed by atoms with E-state index in [2.05, 4.69) is 45.7 Å². The first-order valence-electron chi connectivity index (χ1n) is 9.55. The lowest BCUT2D eigenvalue weighted by Gasteiger charge is -2.12. The standard InChI is InChI=1S/C21H28N4O2.HI/c1-3-11-27-20-7-5-17(14-24-20)15-25-21(22-2)23-10-8-16-4-6-19-18(13-16)9-12-26-19;/h4-7,13-14H,3,8-12,15H2,1-2H3,(H2,22,23,25);1H. The van der Waals surface area contributed by atoms with Crippen LogP contribution in [0.3, 0.4) is 0 Å². The van der Waals surface area contributed by atoms with Gasteiger partial charge in [-0.3, -0.25) is 4.99 Å². The minimum absolute atomic E-state index is 0. The molecule has 1 aliphatic rings. The van der Waals surface area contributed by atoms with E-state index in [-0.39, 0.29) is 24.0 Å². The van der Waals surface area contributed by atoms with Crippen LogP contribution in [0.4, 0.5) is 0 Å². The van der Waals surface area contributed by atoms with E-state index >= 15 is 0 Å². The van der Waals surface area contributed by atoms with Crippen molar-refractivity contribution in [3.8, 4) is 11.6 Å². The molecule has 0 fully saturated rings. The molecule has 0 bridgehead atoms. The SMILES string of the molecule is CCCOc1ccc(CNC(=NC)NCCc2ccc3c(c2)CCO3)cn1.I. The molecule has 0 saturated heterocycles. The van der Waals surface area contributed by atoms with Gasteiger partial charge in [-0.2, -0.15) is 0 Å². The molecule has 152 valence electrons. The molecule has 6 nitrogen and oxygen atoms in total. The number of guanidine groups is 1. The van der Waals surface area contributed by atoms with Gasteiger partial charge < -0.3 is 20.1 Å². The fourth-order valence-electron chi connectivity index (χ4n) is 2.93. The lowest BCUT2D eigenvalue weighted by molar-refractivity contribution is 0.305. The predicted molar refractivity (Wildman–Crippen MR) is 123 cm³/mol. The van der Waals surface area contributed by atoms with Gasteiger partial charge in [-0.25, -0.2) is 4.98 Å². The van der Waals surface area contributed by atoms with Crippen LogP contribution in [0, 0.1) is 0 Å². The van der Waals surface area contributed by atoms with E-state index in [4.69, 9.17) is 9.47 Å². The molecule has 0 saturated carbocycles. The zero-order valence-corrected chi connectivity index (χ0v) is 18.9. The van der Waals surface area contributed by atoms with E-state index in [0.717, 1.165) is 49.7 Å². The Kier molecular flexibility index (Phi) is 9.33. The lowest BCUT2D eigenvalue weighted by atomic mass is 10.1. The third kappa shape index (κ3) is 6.54. The van der Waals surface area contributed by atoms with Crippen molar-refractivity contribution in [1.82, 2.24) is 15.6 Å². The monoisotopic (exact) mass is 496 g/mol. The maximum absolute atomic E-state index is 5.56. The number of hydrogen-bond acceptors (Lipinski definition) is 4. The second-order valence-corrected chi connectivity index (χ2v) is 6.50. The summed E-state index contributed by atoms with van der Waals surface area (Å²) in [4.78, 5) is 8.60. The summed E-state index contributed by atoms with van der Waals surface area (Å²) < 4.78 is 11.1. The number of rotatable bonds is 8. The number of ether oxygens (including phenoxy) is 2. The number of halogens is 1. The number of hydrogen-bond donors (Lipinski definition) is 2. The molecule has 2 N–H and O–H groups in total. The number of aliphatic imine (C=N–C) groups is 1. The molecule has 0 unspecified atom stereocenters. The molecule has 28 heavy (non-hydrogen) atoms. The summed E-state index contributed by atoms with van der Waals surface area (Å²) in [6.45, 7) is 5.06. The molecule has 1 aromatic heterocycles. The minimum atomic E-state index is 0. The minimum Gasteiger partial charge on any atom is -0.493 e. The number of pyridine rings is 1. The van der Waals surface area contributed by atoms with Crippen LogP contribution in [-0.4, -0.2) is 37.7 Å². The zero-order chi connectivity index (χ0) is 18.9. The Morgan fingerprint density at radius 2 is 2.07 bits per heavy atom. The predicted octanol–water partition coefficient (Wildman–Crippen LogP) is 3.33. The van der Waals surface area contributed by atoms with Crippen LogP contribution in [0.25, 0.3) is 0 Å². The summed E-state index contributed by atoms with van der Waals surface area (Å²) >= 11 is 0. The van der Waals surface area contributed by atoms with Crippen molar-refractivity contribution in [2.45, 2.75) is 32.7 Å². The van der Waals surface area contributed by atoms with Crippen LogP contribution in [0.2, 0.25) is 0 Å². The third-order valence-electron chi connectivity index (χ3n) is 4.40. The van der Waals surface area contributed by atoms with E-state index in [0.29, 0.717) is 19.0 Å². The maximum Gasteiger partial charge on any atom is 0.213 e. The van der Waals surface area contributed by atoms with Crippen molar-refractivity contribution in [2.24, 2.45) is 4.99 Å². The lowest BCUT2D eigenvalue weighted by Crippen LogP contribution is -2.37. The number of nitrogens with one attached hydrogen (secondary N) is 2. The van der Waals surface area contributed by atoms with Gasteiger partial charge >= 0.3 is 0 Å². The number of nitrogens with zero attached hydrogens (tertiary/aromatic N) is 2. The number of fused-ring (bicyclic) bond motifs is 1. The van der Waals surface area contributed by atoms with Gasteiger partial charge in [0.25, 0.3) is 0 Å². The van der Waals surface area contributed by atoms with Gasteiger partial charge in [0.05, 0.1) is 13.2 Å². The first-order valence-corrected chi connectivity index (χ1v) is 9.55. The van der Waals surface area contributed by atoms with E-state index in [1.54, 1.807) is 7.05 Å². The molecule has 7 heteroatoms. The van der Waals surface area contributed by atoms with Gasteiger partial charge in [-0.05, 0) is 35.6 Å². The van der Waals surface area contributed by atoms with Crippen LogP contribution < -0.4 is 20.1 Å². The van der Waals surface area contributed by atoms with Gasteiger partial charge in [0.1, 0.15) is 5.75 Å². The molecule has 1 aromatic carbocycles. The van der Waals surface area contributed by atoms with E-state index in [9.17, 15) is 0 Å². The first-order chi connectivity index (χ1) is 13.3. The summed E-state index contributed by atoms with van der Waals surface area (Å²) in [6, 6.07) is 10.4. The molecule has 0 radical (unpaired) electrons. The van der Waals surface area contributed by atoms with Crippen molar-refractivity contribution in [3.05, 3.63) is 53.2 Å². The summed E-state index contributed by atoms with van der Waals surface area (Å²) in [5.41, 5.74) is 3.71. The van der Waals surface area contributed by atoms with Crippen LogP contribution in [0.5, 0.6) is 11.6 Å². The average Bonchev–Trinajstić information content (AvgIpc) is 3.17. The molecule has 0 amide bonds. The van der Waals surface area contributed by atoms with Crippen molar-refractivity contribution in [1.29, 1.82) is 0 Å². The molecule has 0 atom stereocenters. The Morgan fingerprint density at radius 3 is 2.82 bits per heavy atom. The highest BCUT2D eigenvalue weighted by atomic mass is 127. The summed E-state index contributed by atoms with van der Waals surface area (Å²) in [5, 5.41) is 6.67. The molecule has 2 heterocycles. The normalized spacial score (nSPS) is 12.6. The second kappa shape index (κ2) is 11.7. The largest absolute Gasteiger partial charge is 0.493 e. The maximum atomic E-state index is 5.56. The number of benzene rings is 1. The zero-order valence-electron chi connectivity index (χ0n) is 16.5. The summed E-state index contributed by atoms with van der Waals surface area (Å²) in [7, 11) is 1.78. The Bertz CT molecular complexity index is 766. The Hall–Kier alpha value is -2.03. The average molecular weight is 496 g/mol. The molecule has 0 spiro atoms. The highest BCUT2D eigenvalue weighted by Crippen LogP contribution is 2.25. The van der Waals surface area contributed by atoms with Crippen LogP contribution in [0.15, 0.2) is 41.5 Å². The Labute approximate surface area is 184 Å². The van der Waals surface area contributed by atoms with E-state index in [1.165, 1.54) is 11.1 Å². The topological polar surface area (TPSA) is 67.8 Å². The highest BCUT2D eigenvalue weighted by molar-refractivity contribution is 14.0.